The van der Waals surface area contributed by atoms with Gasteiger partial charge in [-0.15, -0.1) is 0 Å². The van der Waals surface area contributed by atoms with Crippen molar-refractivity contribution in [2.75, 3.05) is 12.9 Å². The van der Waals surface area contributed by atoms with Gasteiger partial charge in [0.1, 0.15) is 0 Å². The Morgan fingerprint density at radius 2 is 2.37 bits per heavy atom. The van der Waals surface area contributed by atoms with Crippen LogP contribution in [0.1, 0.15) is 25.3 Å². The van der Waals surface area contributed by atoms with E-state index in [0.717, 1.165) is 12.2 Å². The van der Waals surface area contributed by atoms with Gasteiger partial charge in [0.25, 0.3) is 0 Å². The first-order valence-electron chi connectivity index (χ1n) is 6.52. The molecule has 0 bridgehead atoms. The number of hydrogen-bond donors (Lipinski definition) is 2. The maximum atomic E-state index is 14.2. The lowest BCUT2D eigenvalue weighted by Crippen LogP contribution is -2.50. The van der Waals surface area contributed by atoms with Crippen LogP contribution in [0.4, 0.5) is 4.39 Å². The third-order valence-electron chi connectivity index (χ3n) is 3.87. The second-order valence-electron chi connectivity index (χ2n) is 5.12. The van der Waals surface area contributed by atoms with Gasteiger partial charge >= 0.3 is 0 Å². The third kappa shape index (κ3) is 3.04. The Kier molecular flexibility index (Phi) is 4.71. The zero-order valence-corrected chi connectivity index (χ0v) is 12.2. The number of methoxy groups -OCH3 is 1. The second kappa shape index (κ2) is 6.11. The topological polar surface area (TPSA) is 47.3 Å². The summed E-state index contributed by atoms with van der Waals surface area (Å²) in [5.41, 5.74) is 3.52. The first-order valence-corrected chi connectivity index (χ1v) is 7.51. The molecule has 1 fully saturated rings. The van der Waals surface area contributed by atoms with Crippen LogP contribution in [0.25, 0.3) is 0 Å². The maximum Gasteiger partial charge on any atom is 0.168 e. The minimum atomic E-state index is -0.281. The SMILES string of the molecule is COc1cccc(CC(NN)C2(C)CCCS2)c1F. The summed E-state index contributed by atoms with van der Waals surface area (Å²) in [6.07, 6.45) is 2.88. The Labute approximate surface area is 118 Å². The van der Waals surface area contributed by atoms with Gasteiger partial charge in [-0.1, -0.05) is 12.1 Å². The molecule has 1 saturated heterocycles. The third-order valence-corrected chi connectivity index (χ3v) is 5.52. The molecule has 1 aliphatic rings. The van der Waals surface area contributed by atoms with Crippen LogP contribution >= 0.6 is 11.8 Å². The van der Waals surface area contributed by atoms with Crippen molar-refractivity contribution in [2.24, 2.45) is 5.84 Å². The first kappa shape index (κ1) is 14.6. The number of halogens is 1. The van der Waals surface area contributed by atoms with Crippen molar-refractivity contribution in [3.63, 3.8) is 0 Å². The Morgan fingerprint density at radius 1 is 1.58 bits per heavy atom. The van der Waals surface area contributed by atoms with Gasteiger partial charge in [0.15, 0.2) is 11.6 Å². The smallest absolute Gasteiger partial charge is 0.168 e. The largest absolute Gasteiger partial charge is 0.494 e. The summed E-state index contributed by atoms with van der Waals surface area (Å²) < 4.78 is 19.3. The summed E-state index contributed by atoms with van der Waals surface area (Å²) in [5.74, 6) is 6.85. The zero-order chi connectivity index (χ0) is 13.9. The van der Waals surface area contributed by atoms with Crippen LogP contribution in [-0.2, 0) is 6.42 Å². The summed E-state index contributed by atoms with van der Waals surface area (Å²) in [5, 5.41) is 0. The number of nitrogens with two attached hydrogens (primary N) is 1. The standard InChI is InChI=1S/C14H21FN2OS/c1-14(7-4-8-19-14)12(17-16)9-10-5-3-6-11(18-2)13(10)15/h3,5-6,12,17H,4,7-9,16H2,1-2H3. The fourth-order valence-corrected chi connectivity index (χ4v) is 4.01. The molecule has 3 N–H and O–H groups in total. The van der Waals surface area contributed by atoms with Crippen molar-refractivity contribution >= 4 is 11.8 Å². The predicted octanol–water partition coefficient (Wildman–Crippen LogP) is 2.49. The molecule has 1 heterocycles. The Hall–Kier alpha value is -0.780. The van der Waals surface area contributed by atoms with E-state index in [4.69, 9.17) is 10.6 Å². The van der Waals surface area contributed by atoms with E-state index >= 15 is 0 Å². The number of benzene rings is 1. The van der Waals surface area contributed by atoms with Gasteiger partial charge in [0, 0.05) is 10.8 Å². The van der Waals surface area contributed by atoms with Crippen molar-refractivity contribution in [1.29, 1.82) is 0 Å². The summed E-state index contributed by atoms with van der Waals surface area (Å²) in [6, 6.07) is 5.30. The van der Waals surface area contributed by atoms with Gasteiger partial charge < -0.3 is 4.74 Å². The van der Waals surface area contributed by atoms with E-state index in [1.54, 1.807) is 12.1 Å². The molecule has 0 radical (unpaired) electrons. The van der Waals surface area contributed by atoms with E-state index in [-0.39, 0.29) is 22.4 Å². The van der Waals surface area contributed by atoms with Crippen LogP contribution in [0.5, 0.6) is 5.75 Å². The molecule has 2 unspecified atom stereocenters. The highest BCUT2D eigenvalue weighted by Gasteiger charge is 2.37. The van der Waals surface area contributed by atoms with E-state index in [1.807, 2.05) is 17.8 Å². The molecular formula is C14H21FN2OS. The van der Waals surface area contributed by atoms with Crippen molar-refractivity contribution in [2.45, 2.75) is 37.0 Å². The molecule has 0 amide bonds. The number of rotatable bonds is 5. The van der Waals surface area contributed by atoms with E-state index < -0.39 is 0 Å². The van der Waals surface area contributed by atoms with Crippen LogP contribution in [0.3, 0.4) is 0 Å². The maximum absolute atomic E-state index is 14.2. The highest BCUT2D eigenvalue weighted by Crippen LogP contribution is 2.41. The molecule has 3 nitrogen and oxygen atoms in total. The van der Waals surface area contributed by atoms with Crippen molar-refractivity contribution in [3.05, 3.63) is 29.6 Å². The molecule has 0 spiro atoms. The molecule has 1 aromatic carbocycles. The minimum absolute atomic E-state index is 0.0570. The van der Waals surface area contributed by atoms with Gasteiger partial charge in [0.2, 0.25) is 0 Å². The van der Waals surface area contributed by atoms with Crippen molar-refractivity contribution < 1.29 is 9.13 Å². The van der Waals surface area contributed by atoms with Gasteiger partial charge in [-0.3, -0.25) is 11.3 Å². The number of nitrogens with one attached hydrogen (secondary N) is 1. The summed E-state index contributed by atoms with van der Waals surface area (Å²) in [4.78, 5) is 0. The average molecular weight is 284 g/mol. The Morgan fingerprint density at radius 3 is 2.95 bits per heavy atom. The monoisotopic (exact) mass is 284 g/mol. The highest BCUT2D eigenvalue weighted by atomic mass is 32.2. The van der Waals surface area contributed by atoms with Crippen LogP contribution < -0.4 is 16.0 Å². The molecule has 106 valence electrons. The molecular weight excluding hydrogens is 263 g/mol. The summed E-state index contributed by atoms with van der Waals surface area (Å²) in [6.45, 7) is 2.20. The molecule has 2 rings (SSSR count). The molecule has 0 saturated carbocycles. The lowest BCUT2D eigenvalue weighted by atomic mass is 9.91. The molecule has 5 heteroatoms. The zero-order valence-electron chi connectivity index (χ0n) is 11.4. The predicted molar refractivity (Wildman–Crippen MR) is 77.9 cm³/mol. The van der Waals surface area contributed by atoms with Crippen LogP contribution in [-0.4, -0.2) is 23.7 Å². The minimum Gasteiger partial charge on any atom is -0.494 e. The number of thioether (sulfide) groups is 1. The van der Waals surface area contributed by atoms with Gasteiger partial charge in [-0.2, -0.15) is 11.8 Å². The molecule has 2 atom stereocenters. The van der Waals surface area contributed by atoms with E-state index in [0.29, 0.717) is 12.0 Å². The second-order valence-corrected chi connectivity index (χ2v) is 6.75. The molecule has 0 aromatic heterocycles. The Bertz CT molecular complexity index is 435. The molecule has 19 heavy (non-hydrogen) atoms. The highest BCUT2D eigenvalue weighted by molar-refractivity contribution is 8.00. The van der Waals surface area contributed by atoms with Crippen molar-refractivity contribution in [3.8, 4) is 5.75 Å². The molecule has 1 aromatic rings. The quantitative estimate of drug-likeness (QED) is 0.644. The van der Waals surface area contributed by atoms with Gasteiger partial charge in [-0.25, -0.2) is 4.39 Å². The number of hydrogen-bond acceptors (Lipinski definition) is 4. The molecule has 0 aliphatic carbocycles. The van der Waals surface area contributed by atoms with Crippen LogP contribution in [0, 0.1) is 5.82 Å². The van der Waals surface area contributed by atoms with Crippen molar-refractivity contribution in [1.82, 2.24) is 5.43 Å². The number of hydrazine groups is 1. The van der Waals surface area contributed by atoms with Crippen LogP contribution in [0.2, 0.25) is 0 Å². The Balaban J connectivity index is 2.19. The van der Waals surface area contributed by atoms with Crippen LogP contribution in [0.15, 0.2) is 18.2 Å². The van der Waals surface area contributed by atoms with Gasteiger partial charge in [0.05, 0.1) is 7.11 Å². The van der Waals surface area contributed by atoms with Gasteiger partial charge in [-0.05, 0) is 43.6 Å². The normalized spacial score (nSPS) is 24.4. The fourth-order valence-electron chi connectivity index (χ4n) is 2.62. The summed E-state index contributed by atoms with van der Waals surface area (Å²) in [7, 11) is 1.48. The lowest BCUT2D eigenvalue weighted by Gasteiger charge is -2.33. The van der Waals surface area contributed by atoms with E-state index in [9.17, 15) is 4.39 Å². The average Bonchev–Trinajstić information content (AvgIpc) is 2.85. The number of ether oxygens (including phenoxy) is 1. The summed E-state index contributed by atoms with van der Waals surface area (Å²) >= 11 is 1.92. The fraction of sp³-hybridized carbons (Fsp3) is 0.571. The molecule has 1 aliphatic heterocycles. The van der Waals surface area contributed by atoms with E-state index in [1.165, 1.54) is 13.5 Å². The lowest BCUT2D eigenvalue weighted by molar-refractivity contribution is 0.374. The van der Waals surface area contributed by atoms with E-state index in [2.05, 4.69) is 12.3 Å². The first-order chi connectivity index (χ1) is 9.10.